The number of hydrogen-bond acceptors (Lipinski definition) is 4. The molecule has 1 unspecified atom stereocenters. The first-order chi connectivity index (χ1) is 7.74. The maximum Gasteiger partial charge on any atom is 0.306 e. The van der Waals surface area contributed by atoms with Gasteiger partial charge in [0.15, 0.2) is 0 Å². The maximum absolute atomic E-state index is 11.4. The summed E-state index contributed by atoms with van der Waals surface area (Å²) < 4.78 is 9.94. The SMILES string of the molecule is CCOC(=O)CCC(=O)OC(C)CC(C)(C)C. The maximum atomic E-state index is 11.4. The van der Waals surface area contributed by atoms with Gasteiger partial charge in [-0.05, 0) is 25.7 Å². The van der Waals surface area contributed by atoms with Crippen LogP contribution in [0.25, 0.3) is 0 Å². The average Bonchev–Trinajstić information content (AvgIpc) is 2.12. The van der Waals surface area contributed by atoms with Crippen LogP contribution < -0.4 is 0 Å². The summed E-state index contributed by atoms with van der Waals surface area (Å²) in [5, 5.41) is 0. The highest BCUT2D eigenvalue weighted by Gasteiger charge is 2.18. The van der Waals surface area contributed by atoms with Crippen molar-refractivity contribution < 1.29 is 19.1 Å². The quantitative estimate of drug-likeness (QED) is 0.674. The van der Waals surface area contributed by atoms with Crippen LogP contribution >= 0.6 is 0 Å². The van der Waals surface area contributed by atoms with E-state index in [0.29, 0.717) is 6.61 Å². The van der Waals surface area contributed by atoms with Crippen LogP contribution in [0.5, 0.6) is 0 Å². The molecule has 4 heteroatoms. The van der Waals surface area contributed by atoms with E-state index in [1.54, 1.807) is 6.92 Å². The van der Waals surface area contributed by atoms with Crippen molar-refractivity contribution in [3.05, 3.63) is 0 Å². The Bertz CT molecular complexity index is 253. The second kappa shape index (κ2) is 7.30. The fourth-order valence-corrected chi connectivity index (χ4v) is 1.62. The molecule has 0 N–H and O–H groups in total. The minimum Gasteiger partial charge on any atom is -0.466 e. The van der Waals surface area contributed by atoms with Gasteiger partial charge in [0.05, 0.1) is 25.6 Å². The van der Waals surface area contributed by atoms with Crippen LogP contribution in [0.15, 0.2) is 0 Å². The first-order valence-electron chi connectivity index (χ1n) is 6.09. The smallest absolute Gasteiger partial charge is 0.306 e. The molecule has 0 spiro atoms. The zero-order chi connectivity index (χ0) is 13.5. The zero-order valence-electron chi connectivity index (χ0n) is 11.5. The molecule has 1 atom stereocenters. The van der Waals surface area contributed by atoms with Gasteiger partial charge in [0.2, 0.25) is 0 Å². The number of hydrogen-bond donors (Lipinski definition) is 0. The molecule has 0 aromatic carbocycles. The van der Waals surface area contributed by atoms with E-state index in [-0.39, 0.29) is 36.3 Å². The summed E-state index contributed by atoms with van der Waals surface area (Å²) in [6.07, 6.45) is 0.866. The van der Waals surface area contributed by atoms with E-state index >= 15 is 0 Å². The van der Waals surface area contributed by atoms with Gasteiger partial charge in [-0.2, -0.15) is 0 Å². The van der Waals surface area contributed by atoms with Gasteiger partial charge < -0.3 is 9.47 Å². The lowest BCUT2D eigenvalue weighted by molar-refractivity contribution is -0.153. The standard InChI is InChI=1S/C13H24O4/c1-6-16-11(14)7-8-12(15)17-10(2)9-13(3,4)5/h10H,6-9H2,1-5H3. The van der Waals surface area contributed by atoms with Crippen molar-refractivity contribution in [3.63, 3.8) is 0 Å². The van der Waals surface area contributed by atoms with Crippen molar-refractivity contribution in [2.24, 2.45) is 5.41 Å². The number of rotatable bonds is 6. The highest BCUT2D eigenvalue weighted by molar-refractivity contribution is 5.77. The first-order valence-corrected chi connectivity index (χ1v) is 6.09. The van der Waals surface area contributed by atoms with E-state index < -0.39 is 0 Å². The third-order valence-electron chi connectivity index (χ3n) is 2.07. The summed E-state index contributed by atoms with van der Waals surface area (Å²) in [5.74, 6) is -0.692. The van der Waals surface area contributed by atoms with Crippen molar-refractivity contribution >= 4 is 11.9 Å². The van der Waals surface area contributed by atoms with Crippen molar-refractivity contribution in [1.29, 1.82) is 0 Å². The minimum atomic E-state index is -0.354. The molecule has 0 heterocycles. The van der Waals surface area contributed by atoms with Gasteiger partial charge in [0.1, 0.15) is 0 Å². The lowest BCUT2D eigenvalue weighted by atomic mass is 9.90. The average molecular weight is 244 g/mol. The van der Waals surface area contributed by atoms with E-state index in [1.165, 1.54) is 0 Å². The summed E-state index contributed by atoms with van der Waals surface area (Å²) in [6.45, 7) is 10.2. The van der Waals surface area contributed by atoms with Crippen LogP contribution in [-0.2, 0) is 19.1 Å². The van der Waals surface area contributed by atoms with E-state index in [2.05, 4.69) is 20.8 Å². The van der Waals surface area contributed by atoms with Crippen LogP contribution in [-0.4, -0.2) is 24.6 Å². The van der Waals surface area contributed by atoms with Gasteiger partial charge in [-0.3, -0.25) is 9.59 Å². The Kier molecular flexibility index (Phi) is 6.85. The van der Waals surface area contributed by atoms with Gasteiger partial charge in [0, 0.05) is 0 Å². The lowest BCUT2D eigenvalue weighted by Gasteiger charge is -2.23. The molecule has 0 bridgehead atoms. The fourth-order valence-electron chi connectivity index (χ4n) is 1.62. The summed E-state index contributed by atoms with van der Waals surface area (Å²) in [4.78, 5) is 22.5. The van der Waals surface area contributed by atoms with E-state index in [9.17, 15) is 9.59 Å². The van der Waals surface area contributed by atoms with Crippen molar-refractivity contribution in [3.8, 4) is 0 Å². The highest BCUT2D eigenvalue weighted by Crippen LogP contribution is 2.22. The van der Waals surface area contributed by atoms with Crippen LogP contribution in [0.4, 0.5) is 0 Å². The largest absolute Gasteiger partial charge is 0.466 e. The summed E-state index contributed by atoms with van der Waals surface area (Å²) in [6, 6.07) is 0. The van der Waals surface area contributed by atoms with Crippen LogP contribution in [0.1, 0.15) is 53.9 Å². The summed E-state index contributed by atoms with van der Waals surface area (Å²) in [5.41, 5.74) is 0.126. The molecule has 0 fully saturated rings. The molecule has 100 valence electrons. The molecular weight excluding hydrogens is 220 g/mol. The highest BCUT2D eigenvalue weighted by atomic mass is 16.5. The molecule has 4 nitrogen and oxygen atoms in total. The number of carbonyl (C=O) groups is 2. The predicted octanol–water partition coefficient (Wildman–Crippen LogP) is 2.70. The third-order valence-corrected chi connectivity index (χ3v) is 2.07. The van der Waals surface area contributed by atoms with Crippen LogP contribution in [0.2, 0.25) is 0 Å². The Balaban J connectivity index is 3.82. The Hall–Kier alpha value is -1.06. The minimum absolute atomic E-state index is 0.0906. The molecular formula is C13H24O4. The molecule has 0 amide bonds. The monoisotopic (exact) mass is 244 g/mol. The van der Waals surface area contributed by atoms with Gasteiger partial charge in [-0.1, -0.05) is 20.8 Å². The second-order valence-corrected chi connectivity index (χ2v) is 5.37. The molecule has 0 aliphatic heterocycles. The van der Waals surface area contributed by atoms with Gasteiger partial charge in [0.25, 0.3) is 0 Å². The molecule has 0 saturated heterocycles. The third kappa shape index (κ3) is 9.85. The Morgan fingerprint density at radius 2 is 1.65 bits per heavy atom. The Labute approximate surface area is 104 Å². The summed E-state index contributed by atoms with van der Waals surface area (Å²) >= 11 is 0. The van der Waals surface area contributed by atoms with Crippen molar-refractivity contribution in [1.82, 2.24) is 0 Å². The van der Waals surface area contributed by atoms with Crippen LogP contribution in [0.3, 0.4) is 0 Å². The van der Waals surface area contributed by atoms with E-state index in [4.69, 9.17) is 9.47 Å². The lowest BCUT2D eigenvalue weighted by Crippen LogP contribution is -2.21. The number of esters is 2. The summed E-state index contributed by atoms with van der Waals surface area (Å²) in [7, 11) is 0. The predicted molar refractivity (Wildman–Crippen MR) is 65.5 cm³/mol. The van der Waals surface area contributed by atoms with Crippen molar-refractivity contribution in [2.75, 3.05) is 6.61 Å². The molecule has 0 aromatic rings. The normalized spacial score (nSPS) is 13.0. The second-order valence-electron chi connectivity index (χ2n) is 5.37. The Morgan fingerprint density at radius 1 is 1.12 bits per heavy atom. The van der Waals surface area contributed by atoms with Crippen molar-refractivity contribution in [2.45, 2.75) is 60.0 Å². The van der Waals surface area contributed by atoms with E-state index in [0.717, 1.165) is 6.42 Å². The zero-order valence-corrected chi connectivity index (χ0v) is 11.5. The van der Waals surface area contributed by atoms with Crippen LogP contribution in [0, 0.1) is 5.41 Å². The first kappa shape index (κ1) is 15.9. The molecule has 17 heavy (non-hydrogen) atoms. The molecule has 0 aliphatic carbocycles. The molecule has 0 aromatic heterocycles. The molecule has 0 saturated carbocycles. The van der Waals surface area contributed by atoms with Gasteiger partial charge >= 0.3 is 11.9 Å². The van der Waals surface area contributed by atoms with Gasteiger partial charge in [-0.15, -0.1) is 0 Å². The fraction of sp³-hybridized carbons (Fsp3) is 0.846. The molecule has 0 radical (unpaired) electrons. The molecule has 0 aliphatic rings. The van der Waals surface area contributed by atoms with E-state index in [1.807, 2.05) is 6.92 Å². The molecule has 0 rings (SSSR count). The Morgan fingerprint density at radius 3 is 2.12 bits per heavy atom. The topological polar surface area (TPSA) is 52.6 Å². The number of carbonyl (C=O) groups excluding carboxylic acids is 2. The number of ether oxygens (including phenoxy) is 2. The van der Waals surface area contributed by atoms with Gasteiger partial charge in [-0.25, -0.2) is 0 Å².